The third-order valence-electron chi connectivity index (χ3n) is 4.30. The lowest BCUT2D eigenvalue weighted by Gasteiger charge is -2.38. The normalized spacial score (nSPS) is 23.5. The van der Waals surface area contributed by atoms with Gasteiger partial charge in [-0.3, -0.25) is 4.90 Å². The molecule has 0 aromatic heterocycles. The molecule has 3 unspecified atom stereocenters. The van der Waals surface area contributed by atoms with Crippen molar-refractivity contribution >= 4 is 0 Å². The van der Waals surface area contributed by atoms with E-state index in [1.54, 1.807) is 0 Å². The first kappa shape index (κ1) is 14.2. The fraction of sp³-hybridized carbons (Fsp3) is 0.556. The molecule has 0 amide bonds. The summed E-state index contributed by atoms with van der Waals surface area (Å²) in [5, 5.41) is 0. The van der Waals surface area contributed by atoms with Crippen LogP contribution in [-0.2, 0) is 0 Å². The fourth-order valence-electron chi connectivity index (χ4n) is 3.30. The van der Waals surface area contributed by atoms with Gasteiger partial charge in [-0.1, -0.05) is 50.1 Å². The molecular weight excluding hydrogens is 230 g/mol. The highest BCUT2D eigenvalue weighted by Crippen LogP contribution is 2.29. The van der Waals surface area contributed by atoms with Gasteiger partial charge < -0.3 is 0 Å². The summed E-state index contributed by atoms with van der Waals surface area (Å²) in [5.41, 5.74) is 1.38. The predicted molar refractivity (Wildman–Crippen MR) is 82.1 cm³/mol. The molecule has 2 rings (SSSR count). The van der Waals surface area contributed by atoms with Gasteiger partial charge in [0.2, 0.25) is 0 Å². The molecule has 1 heteroatoms. The highest BCUT2D eigenvalue weighted by Gasteiger charge is 2.28. The molecule has 0 saturated carbocycles. The Morgan fingerprint density at radius 2 is 2.11 bits per heavy atom. The lowest BCUT2D eigenvalue weighted by Crippen LogP contribution is -2.44. The molecule has 1 heterocycles. The van der Waals surface area contributed by atoms with Crippen LogP contribution < -0.4 is 0 Å². The van der Waals surface area contributed by atoms with E-state index >= 15 is 0 Å². The van der Waals surface area contributed by atoms with Crippen molar-refractivity contribution in [3.8, 4) is 12.3 Å². The largest absolute Gasteiger partial charge is 0.289 e. The average Bonchev–Trinajstić information content (AvgIpc) is 2.45. The summed E-state index contributed by atoms with van der Waals surface area (Å²) >= 11 is 0. The molecule has 1 aliphatic heterocycles. The van der Waals surface area contributed by atoms with Crippen LogP contribution in [0.1, 0.15) is 44.6 Å². The van der Waals surface area contributed by atoms with Crippen molar-refractivity contribution in [2.45, 2.75) is 45.1 Å². The van der Waals surface area contributed by atoms with Gasteiger partial charge >= 0.3 is 0 Å². The molecule has 0 spiro atoms. The predicted octanol–water partition coefficient (Wildman–Crippen LogP) is 3.91. The van der Waals surface area contributed by atoms with Gasteiger partial charge in [0.25, 0.3) is 0 Å². The van der Waals surface area contributed by atoms with Crippen LogP contribution >= 0.6 is 0 Å². The van der Waals surface area contributed by atoms with Gasteiger partial charge in [0.1, 0.15) is 0 Å². The number of benzene rings is 1. The average molecular weight is 255 g/mol. The molecule has 0 N–H and O–H groups in total. The van der Waals surface area contributed by atoms with E-state index in [4.69, 9.17) is 6.42 Å². The molecule has 3 atom stereocenters. The summed E-state index contributed by atoms with van der Waals surface area (Å²) in [7, 11) is 0. The highest BCUT2D eigenvalue weighted by atomic mass is 15.2. The summed E-state index contributed by atoms with van der Waals surface area (Å²) in [4.78, 5) is 2.52. The number of terminal acetylenes is 1. The summed E-state index contributed by atoms with van der Waals surface area (Å²) < 4.78 is 0. The van der Waals surface area contributed by atoms with Crippen molar-refractivity contribution in [2.24, 2.45) is 5.92 Å². The molecule has 1 saturated heterocycles. The van der Waals surface area contributed by atoms with Gasteiger partial charge in [0.05, 0.1) is 6.04 Å². The number of rotatable bonds is 4. The molecule has 1 aliphatic rings. The zero-order valence-electron chi connectivity index (χ0n) is 12.2. The zero-order chi connectivity index (χ0) is 13.7. The van der Waals surface area contributed by atoms with Crippen molar-refractivity contribution in [1.29, 1.82) is 0 Å². The zero-order valence-corrected chi connectivity index (χ0v) is 12.2. The van der Waals surface area contributed by atoms with E-state index in [0.717, 1.165) is 25.4 Å². The molecular formula is C18H25N. The van der Waals surface area contributed by atoms with Crippen LogP contribution in [0.25, 0.3) is 0 Å². The Labute approximate surface area is 118 Å². The number of hydrogen-bond donors (Lipinski definition) is 0. The lowest BCUT2D eigenvalue weighted by atomic mass is 9.86. The minimum absolute atomic E-state index is 0.246. The van der Waals surface area contributed by atoms with Gasteiger partial charge in [-0.25, -0.2) is 0 Å². The van der Waals surface area contributed by atoms with E-state index in [2.05, 4.69) is 55.0 Å². The summed E-state index contributed by atoms with van der Waals surface area (Å²) in [6.45, 7) is 6.89. The molecule has 19 heavy (non-hydrogen) atoms. The lowest BCUT2D eigenvalue weighted by molar-refractivity contribution is 0.140. The number of likely N-dealkylation sites (tertiary alicyclic amines) is 1. The van der Waals surface area contributed by atoms with Crippen molar-refractivity contribution in [3.05, 3.63) is 35.9 Å². The topological polar surface area (TPSA) is 3.24 Å². The summed E-state index contributed by atoms with van der Waals surface area (Å²) in [6.07, 6.45) is 9.60. The van der Waals surface area contributed by atoms with Gasteiger partial charge in [0, 0.05) is 12.5 Å². The first-order valence-corrected chi connectivity index (χ1v) is 7.51. The van der Waals surface area contributed by atoms with E-state index < -0.39 is 0 Å². The SMILES string of the molecule is C#CC(C(CC)c1ccccc1)N1CCCC(C)C1. The quantitative estimate of drug-likeness (QED) is 0.737. The third-order valence-corrected chi connectivity index (χ3v) is 4.30. The molecule has 0 aliphatic carbocycles. The van der Waals surface area contributed by atoms with Crippen molar-refractivity contribution in [1.82, 2.24) is 4.90 Å². The monoisotopic (exact) mass is 255 g/mol. The Hall–Kier alpha value is -1.26. The van der Waals surface area contributed by atoms with Crippen molar-refractivity contribution in [3.63, 3.8) is 0 Å². The van der Waals surface area contributed by atoms with E-state index in [9.17, 15) is 0 Å². The standard InChI is InChI=1S/C18H25N/c1-4-17(16-11-7-6-8-12-16)18(5-2)19-13-9-10-15(3)14-19/h2,6-8,11-12,15,17-18H,4,9-10,13-14H2,1,3H3. The smallest absolute Gasteiger partial charge is 0.0781 e. The van der Waals surface area contributed by atoms with E-state index in [1.807, 2.05) is 0 Å². The maximum Gasteiger partial charge on any atom is 0.0781 e. The van der Waals surface area contributed by atoms with Crippen LogP contribution in [-0.4, -0.2) is 24.0 Å². The minimum atomic E-state index is 0.246. The number of hydrogen-bond acceptors (Lipinski definition) is 1. The maximum atomic E-state index is 5.87. The van der Waals surface area contributed by atoms with Gasteiger partial charge in [-0.2, -0.15) is 0 Å². The fourth-order valence-corrected chi connectivity index (χ4v) is 3.30. The molecule has 0 radical (unpaired) electrons. The molecule has 1 aromatic rings. The van der Waals surface area contributed by atoms with Gasteiger partial charge in [0.15, 0.2) is 0 Å². The van der Waals surface area contributed by atoms with Crippen molar-refractivity contribution in [2.75, 3.05) is 13.1 Å². The molecule has 102 valence electrons. The van der Waals surface area contributed by atoms with Crippen LogP contribution in [0.3, 0.4) is 0 Å². The Morgan fingerprint density at radius 3 is 2.68 bits per heavy atom. The van der Waals surface area contributed by atoms with Gasteiger partial charge in [-0.15, -0.1) is 6.42 Å². The maximum absolute atomic E-state index is 5.87. The third kappa shape index (κ3) is 3.39. The molecule has 1 aromatic carbocycles. The molecule has 1 fully saturated rings. The Balaban J connectivity index is 2.17. The molecule has 1 nitrogen and oxygen atoms in total. The minimum Gasteiger partial charge on any atom is -0.289 e. The van der Waals surface area contributed by atoms with Crippen LogP contribution in [0.2, 0.25) is 0 Å². The highest BCUT2D eigenvalue weighted by molar-refractivity contribution is 5.25. The first-order valence-electron chi connectivity index (χ1n) is 7.51. The van der Waals surface area contributed by atoms with Crippen LogP contribution in [0, 0.1) is 18.3 Å². The van der Waals surface area contributed by atoms with Crippen LogP contribution in [0.5, 0.6) is 0 Å². The second-order valence-corrected chi connectivity index (χ2v) is 5.78. The first-order chi connectivity index (χ1) is 9.26. The summed E-state index contributed by atoms with van der Waals surface area (Å²) in [5.74, 6) is 4.30. The van der Waals surface area contributed by atoms with E-state index in [0.29, 0.717) is 5.92 Å². The summed E-state index contributed by atoms with van der Waals surface area (Å²) in [6, 6.07) is 11.0. The molecule has 0 bridgehead atoms. The van der Waals surface area contributed by atoms with Crippen LogP contribution in [0.4, 0.5) is 0 Å². The Morgan fingerprint density at radius 1 is 1.37 bits per heavy atom. The van der Waals surface area contributed by atoms with E-state index in [1.165, 1.54) is 18.4 Å². The Bertz CT molecular complexity index is 417. The van der Waals surface area contributed by atoms with E-state index in [-0.39, 0.29) is 6.04 Å². The Kier molecular flexibility index (Phi) is 5.05. The number of nitrogens with zero attached hydrogens (tertiary/aromatic N) is 1. The number of piperidine rings is 1. The second-order valence-electron chi connectivity index (χ2n) is 5.78. The second kappa shape index (κ2) is 6.78. The van der Waals surface area contributed by atoms with Crippen LogP contribution in [0.15, 0.2) is 30.3 Å². The van der Waals surface area contributed by atoms with Gasteiger partial charge in [-0.05, 0) is 37.3 Å². The van der Waals surface area contributed by atoms with Crippen molar-refractivity contribution < 1.29 is 0 Å².